The normalized spacial score (nSPS) is 11.5. The van der Waals surface area contributed by atoms with Gasteiger partial charge in [0.25, 0.3) is 0 Å². The molecule has 126 valence electrons. The van der Waals surface area contributed by atoms with Gasteiger partial charge in [0, 0.05) is 5.70 Å². The lowest BCUT2D eigenvalue weighted by atomic mass is 10.0. The van der Waals surface area contributed by atoms with Crippen LogP contribution in [0.15, 0.2) is 36.5 Å². The number of rotatable bonds is 8. The second-order valence-corrected chi connectivity index (χ2v) is 5.38. The molecule has 0 N–H and O–H groups in total. The minimum absolute atomic E-state index is 0.148. The maximum absolute atomic E-state index is 12.4. The molecule has 0 heterocycles. The zero-order chi connectivity index (χ0) is 17.4. The number of allylic oxidation sites excluding steroid dienone is 1. The molecular formula is C18H25NO4. The Morgan fingerprint density at radius 1 is 1.22 bits per heavy atom. The number of ether oxygens (including phenoxy) is 2. The molecule has 5 heteroatoms. The van der Waals surface area contributed by atoms with E-state index in [1.165, 1.54) is 7.11 Å². The number of carbonyl (C=O) groups is 2. The van der Waals surface area contributed by atoms with E-state index in [0.29, 0.717) is 12.2 Å². The highest BCUT2D eigenvalue weighted by atomic mass is 16.5. The zero-order valence-corrected chi connectivity index (χ0v) is 14.3. The third-order valence-electron chi connectivity index (χ3n) is 3.85. The van der Waals surface area contributed by atoms with Gasteiger partial charge < -0.3 is 14.4 Å². The quantitative estimate of drug-likeness (QED) is 0.545. The van der Waals surface area contributed by atoms with Gasteiger partial charge >= 0.3 is 5.97 Å². The highest BCUT2D eigenvalue weighted by molar-refractivity contribution is 5.95. The van der Waals surface area contributed by atoms with Crippen LogP contribution in [0.3, 0.4) is 0 Å². The second-order valence-electron chi connectivity index (χ2n) is 5.38. The summed E-state index contributed by atoms with van der Waals surface area (Å²) in [4.78, 5) is 25.4. The van der Waals surface area contributed by atoms with Crippen molar-refractivity contribution in [3.63, 3.8) is 0 Å². The maximum Gasteiger partial charge on any atom is 0.315 e. The molecule has 1 amide bonds. The Balaban J connectivity index is 2.95. The fourth-order valence-corrected chi connectivity index (χ4v) is 2.06. The molecule has 1 rings (SSSR count). The van der Waals surface area contributed by atoms with Crippen molar-refractivity contribution in [3.8, 4) is 5.75 Å². The Kier molecular flexibility index (Phi) is 7.32. The van der Waals surface area contributed by atoms with E-state index in [9.17, 15) is 9.59 Å². The van der Waals surface area contributed by atoms with Gasteiger partial charge in [-0.2, -0.15) is 0 Å². The molecule has 0 aromatic heterocycles. The molecule has 5 nitrogen and oxygen atoms in total. The van der Waals surface area contributed by atoms with Gasteiger partial charge in [-0.3, -0.25) is 9.59 Å². The molecule has 0 saturated heterocycles. The topological polar surface area (TPSA) is 55.8 Å². The fraction of sp³-hybridized carbons (Fsp3) is 0.444. The summed E-state index contributed by atoms with van der Waals surface area (Å²) in [5.41, 5.74) is 1.64. The molecule has 0 aliphatic rings. The standard InChI is InChI=1S/C18H25NO4/c1-6-13(2)14(3)19(17(20)11-18(21)23-5)12-15-7-9-16(22-4)10-8-15/h7-10,13H,3,6,11-12H2,1-2,4-5H3. The molecule has 23 heavy (non-hydrogen) atoms. The van der Waals surface area contributed by atoms with E-state index in [0.717, 1.165) is 17.7 Å². The van der Waals surface area contributed by atoms with E-state index in [1.54, 1.807) is 12.0 Å². The van der Waals surface area contributed by atoms with E-state index in [2.05, 4.69) is 11.3 Å². The van der Waals surface area contributed by atoms with E-state index >= 15 is 0 Å². The Morgan fingerprint density at radius 2 is 1.83 bits per heavy atom. The third-order valence-corrected chi connectivity index (χ3v) is 3.85. The van der Waals surface area contributed by atoms with Crippen LogP contribution >= 0.6 is 0 Å². The predicted octanol–water partition coefficient (Wildman–Crippen LogP) is 3.15. The van der Waals surface area contributed by atoms with Gasteiger partial charge in [-0.1, -0.05) is 32.6 Å². The summed E-state index contributed by atoms with van der Waals surface area (Å²) in [6.45, 7) is 8.44. The number of methoxy groups -OCH3 is 2. The van der Waals surface area contributed by atoms with Gasteiger partial charge in [0.05, 0.1) is 20.8 Å². The van der Waals surface area contributed by atoms with Gasteiger partial charge in [-0.25, -0.2) is 0 Å². The van der Waals surface area contributed by atoms with Crippen molar-refractivity contribution in [1.82, 2.24) is 4.90 Å². The Morgan fingerprint density at radius 3 is 2.30 bits per heavy atom. The second kappa shape index (κ2) is 8.98. The molecule has 0 fully saturated rings. The van der Waals surface area contributed by atoms with Crippen molar-refractivity contribution >= 4 is 11.9 Å². The smallest absolute Gasteiger partial charge is 0.315 e. The highest BCUT2D eigenvalue weighted by Gasteiger charge is 2.23. The van der Waals surface area contributed by atoms with E-state index < -0.39 is 5.97 Å². The number of carbonyl (C=O) groups excluding carboxylic acids is 2. The first-order valence-corrected chi connectivity index (χ1v) is 7.61. The first kappa shape index (κ1) is 18.7. The molecule has 1 aromatic carbocycles. The van der Waals surface area contributed by atoms with E-state index in [4.69, 9.17) is 4.74 Å². The number of hydrogen-bond acceptors (Lipinski definition) is 4. The van der Waals surface area contributed by atoms with Crippen LogP contribution < -0.4 is 4.74 Å². The maximum atomic E-state index is 12.4. The Bertz CT molecular complexity index is 551. The van der Waals surface area contributed by atoms with Crippen LogP contribution in [0.25, 0.3) is 0 Å². The molecule has 0 aliphatic heterocycles. The van der Waals surface area contributed by atoms with Crippen molar-refractivity contribution in [2.24, 2.45) is 5.92 Å². The molecule has 0 bridgehead atoms. The minimum Gasteiger partial charge on any atom is -0.497 e. The van der Waals surface area contributed by atoms with Crippen LogP contribution in [-0.2, 0) is 20.9 Å². The molecule has 0 aliphatic carbocycles. The first-order valence-electron chi connectivity index (χ1n) is 7.61. The van der Waals surface area contributed by atoms with Crippen molar-refractivity contribution < 1.29 is 19.1 Å². The van der Waals surface area contributed by atoms with Crippen LogP contribution in [0.2, 0.25) is 0 Å². The van der Waals surface area contributed by atoms with E-state index in [1.807, 2.05) is 38.1 Å². The monoisotopic (exact) mass is 319 g/mol. The van der Waals surface area contributed by atoms with Crippen LogP contribution in [0.5, 0.6) is 5.75 Å². The number of nitrogens with zero attached hydrogens (tertiary/aromatic N) is 1. The van der Waals surface area contributed by atoms with Crippen molar-refractivity contribution in [1.29, 1.82) is 0 Å². The lowest BCUT2D eigenvalue weighted by Crippen LogP contribution is -2.33. The summed E-state index contributed by atoms with van der Waals surface area (Å²) in [7, 11) is 2.87. The zero-order valence-electron chi connectivity index (χ0n) is 14.3. The molecule has 1 unspecified atom stereocenters. The van der Waals surface area contributed by atoms with Gasteiger partial charge in [0.1, 0.15) is 12.2 Å². The van der Waals surface area contributed by atoms with E-state index in [-0.39, 0.29) is 18.2 Å². The van der Waals surface area contributed by atoms with Crippen molar-refractivity contribution in [3.05, 3.63) is 42.1 Å². The molecule has 0 saturated carbocycles. The Labute approximate surface area is 137 Å². The average Bonchev–Trinajstić information content (AvgIpc) is 2.58. The van der Waals surface area contributed by atoms with Crippen LogP contribution in [-0.4, -0.2) is 31.0 Å². The first-order chi connectivity index (χ1) is 10.9. The summed E-state index contributed by atoms with van der Waals surface area (Å²) in [5.74, 6) is 0.0430. The lowest BCUT2D eigenvalue weighted by Gasteiger charge is -2.28. The molecule has 0 spiro atoms. The summed E-state index contributed by atoms with van der Waals surface area (Å²) in [6.07, 6.45) is 0.575. The number of esters is 1. The predicted molar refractivity (Wildman–Crippen MR) is 88.8 cm³/mol. The average molecular weight is 319 g/mol. The Hall–Kier alpha value is -2.30. The SMILES string of the molecule is C=C(C(C)CC)N(Cc1ccc(OC)cc1)C(=O)CC(=O)OC. The number of hydrogen-bond donors (Lipinski definition) is 0. The van der Waals surface area contributed by atoms with Crippen molar-refractivity contribution in [2.45, 2.75) is 33.2 Å². The number of benzene rings is 1. The van der Waals surface area contributed by atoms with Crippen molar-refractivity contribution in [2.75, 3.05) is 14.2 Å². The van der Waals surface area contributed by atoms with Crippen LogP contribution in [0, 0.1) is 5.92 Å². The summed E-state index contributed by atoms with van der Waals surface area (Å²) < 4.78 is 9.72. The van der Waals surface area contributed by atoms with Gasteiger partial charge in [0.2, 0.25) is 5.91 Å². The molecule has 1 aromatic rings. The number of amides is 1. The summed E-state index contributed by atoms with van der Waals surface area (Å²) >= 11 is 0. The lowest BCUT2D eigenvalue weighted by molar-refractivity contribution is -0.146. The molecular weight excluding hydrogens is 294 g/mol. The van der Waals surface area contributed by atoms with Crippen LogP contribution in [0.1, 0.15) is 32.3 Å². The molecule has 1 atom stereocenters. The minimum atomic E-state index is -0.549. The summed E-state index contributed by atoms with van der Waals surface area (Å²) in [6, 6.07) is 7.46. The van der Waals surface area contributed by atoms with Crippen LogP contribution in [0.4, 0.5) is 0 Å². The third kappa shape index (κ3) is 5.43. The fourth-order valence-electron chi connectivity index (χ4n) is 2.06. The highest BCUT2D eigenvalue weighted by Crippen LogP contribution is 2.22. The van der Waals surface area contributed by atoms with Gasteiger partial charge in [-0.05, 0) is 30.0 Å². The van der Waals surface area contributed by atoms with Gasteiger partial charge in [-0.15, -0.1) is 0 Å². The molecule has 0 radical (unpaired) electrons. The summed E-state index contributed by atoms with van der Waals surface area (Å²) in [5, 5.41) is 0. The largest absolute Gasteiger partial charge is 0.497 e. The van der Waals surface area contributed by atoms with Gasteiger partial charge in [0.15, 0.2) is 0 Å².